The second-order valence-electron chi connectivity index (χ2n) is 4.96. The zero-order chi connectivity index (χ0) is 14.0. The first-order chi connectivity index (χ1) is 8.99. The third-order valence-electron chi connectivity index (χ3n) is 3.61. The average molecular weight is 263 g/mol. The molecule has 1 aliphatic rings. The van der Waals surface area contributed by atoms with Gasteiger partial charge in [0.05, 0.1) is 5.92 Å². The van der Waals surface area contributed by atoms with Gasteiger partial charge in [-0.2, -0.15) is 0 Å². The summed E-state index contributed by atoms with van der Waals surface area (Å²) in [7, 11) is 0. The Hall–Kier alpha value is -2.04. The van der Waals surface area contributed by atoms with Crippen LogP contribution >= 0.6 is 0 Å². The van der Waals surface area contributed by atoms with Crippen molar-refractivity contribution in [2.75, 3.05) is 0 Å². The smallest absolute Gasteiger partial charge is 0.308 e. The summed E-state index contributed by atoms with van der Waals surface area (Å²) in [6, 6.07) is 4.28. The van der Waals surface area contributed by atoms with Gasteiger partial charge in [-0.05, 0) is 43.5 Å². The lowest BCUT2D eigenvalue weighted by molar-refractivity contribution is -0.142. The Bertz CT molecular complexity index is 512. The summed E-state index contributed by atoms with van der Waals surface area (Å²) in [4.78, 5) is 23.1. The Kier molecular flexibility index (Phi) is 3.74. The summed E-state index contributed by atoms with van der Waals surface area (Å²) in [6.07, 6.45) is 2.12. The summed E-state index contributed by atoms with van der Waals surface area (Å²) in [5, 5.41) is 21.3. The van der Waals surface area contributed by atoms with Gasteiger partial charge in [0.15, 0.2) is 0 Å². The SMILES string of the molecule is Cc1cc(C(=O)NC2CCCC2C(=O)O)ccc1O. The van der Waals surface area contributed by atoms with Gasteiger partial charge >= 0.3 is 5.97 Å². The minimum absolute atomic E-state index is 0.140. The van der Waals surface area contributed by atoms with Crippen molar-refractivity contribution < 1.29 is 19.8 Å². The van der Waals surface area contributed by atoms with Crippen LogP contribution in [0.4, 0.5) is 0 Å². The number of hydrogen-bond acceptors (Lipinski definition) is 3. The molecule has 19 heavy (non-hydrogen) atoms. The molecule has 0 spiro atoms. The lowest BCUT2D eigenvalue weighted by Gasteiger charge is -2.17. The van der Waals surface area contributed by atoms with Crippen LogP contribution in [0.2, 0.25) is 0 Å². The van der Waals surface area contributed by atoms with Gasteiger partial charge in [-0.3, -0.25) is 9.59 Å². The van der Waals surface area contributed by atoms with Crippen molar-refractivity contribution >= 4 is 11.9 Å². The van der Waals surface area contributed by atoms with Crippen LogP contribution in [-0.2, 0) is 4.79 Å². The van der Waals surface area contributed by atoms with Gasteiger partial charge in [-0.1, -0.05) is 6.42 Å². The maximum absolute atomic E-state index is 12.0. The number of rotatable bonds is 3. The summed E-state index contributed by atoms with van der Waals surface area (Å²) in [6.45, 7) is 1.71. The number of hydrogen-bond donors (Lipinski definition) is 3. The molecule has 102 valence electrons. The van der Waals surface area contributed by atoms with E-state index in [1.807, 2.05) is 0 Å². The van der Waals surface area contributed by atoms with E-state index in [1.54, 1.807) is 13.0 Å². The van der Waals surface area contributed by atoms with E-state index in [2.05, 4.69) is 5.32 Å². The molecule has 0 aliphatic heterocycles. The Balaban J connectivity index is 2.08. The molecule has 5 nitrogen and oxygen atoms in total. The number of carboxylic acids is 1. The molecule has 1 saturated carbocycles. The Labute approximate surface area is 111 Å². The maximum atomic E-state index is 12.0. The predicted molar refractivity (Wildman–Crippen MR) is 69.1 cm³/mol. The van der Waals surface area contributed by atoms with Crippen molar-refractivity contribution in [1.82, 2.24) is 5.32 Å². The standard InChI is InChI=1S/C14H17NO4/c1-8-7-9(5-6-12(8)16)13(17)15-11-4-2-3-10(11)14(18)19/h5-7,10-11,16H,2-4H2,1H3,(H,15,17)(H,18,19). The van der Waals surface area contributed by atoms with Gasteiger partial charge in [0.25, 0.3) is 5.91 Å². The molecule has 0 saturated heterocycles. The van der Waals surface area contributed by atoms with Gasteiger partial charge in [0.2, 0.25) is 0 Å². The third kappa shape index (κ3) is 2.86. The van der Waals surface area contributed by atoms with Gasteiger partial charge in [-0.15, -0.1) is 0 Å². The Morgan fingerprint density at radius 2 is 2.05 bits per heavy atom. The van der Waals surface area contributed by atoms with E-state index >= 15 is 0 Å². The van der Waals surface area contributed by atoms with E-state index in [9.17, 15) is 14.7 Å². The number of carbonyl (C=O) groups is 2. The van der Waals surface area contributed by atoms with E-state index in [-0.39, 0.29) is 17.7 Å². The van der Waals surface area contributed by atoms with Crippen LogP contribution in [0, 0.1) is 12.8 Å². The van der Waals surface area contributed by atoms with E-state index in [1.165, 1.54) is 12.1 Å². The summed E-state index contributed by atoms with van der Waals surface area (Å²) in [5.74, 6) is -1.51. The van der Waals surface area contributed by atoms with Crippen LogP contribution in [0.5, 0.6) is 5.75 Å². The van der Waals surface area contributed by atoms with E-state index in [0.29, 0.717) is 24.0 Å². The van der Waals surface area contributed by atoms with E-state index < -0.39 is 11.9 Å². The monoisotopic (exact) mass is 263 g/mol. The molecule has 1 aromatic carbocycles. The van der Waals surface area contributed by atoms with E-state index in [0.717, 1.165) is 6.42 Å². The summed E-state index contributed by atoms with van der Waals surface area (Å²) in [5.41, 5.74) is 1.06. The zero-order valence-electron chi connectivity index (χ0n) is 10.7. The van der Waals surface area contributed by atoms with Gasteiger partial charge in [-0.25, -0.2) is 0 Å². The highest BCUT2D eigenvalue weighted by molar-refractivity contribution is 5.95. The fraction of sp³-hybridized carbons (Fsp3) is 0.429. The lowest BCUT2D eigenvalue weighted by Crippen LogP contribution is -2.40. The fourth-order valence-corrected chi connectivity index (χ4v) is 2.48. The first-order valence-corrected chi connectivity index (χ1v) is 6.32. The molecule has 1 fully saturated rings. The van der Waals surface area contributed by atoms with Crippen LogP contribution in [0.1, 0.15) is 35.2 Å². The highest BCUT2D eigenvalue weighted by Crippen LogP contribution is 2.26. The maximum Gasteiger partial charge on any atom is 0.308 e. The first-order valence-electron chi connectivity index (χ1n) is 6.32. The number of amides is 1. The molecule has 2 atom stereocenters. The summed E-state index contributed by atoms with van der Waals surface area (Å²) < 4.78 is 0. The minimum Gasteiger partial charge on any atom is -0.508 e. The van der Waals surface area contributed by atoms with Crippen molar-refractivity contribution in [2.45, 2.75) is 32.2 Å². The second kappa shape index (κ2) is 5.30. The van der Waals surface area contributed by atoms with Crippen LogP contribution in [-0.4, -0.2) is 28.1 Å². The van der Waals surface area contributed by atoms with Gasteiger partial charge < -0.3 is 15.5 Å². The molecule has 3 N–H and O–H groups in total. The average Bonchev–Trinajstić information content (AvgIpc) is 2.80. The zero-order valence-corrected chi connectivity index (χ0v) is 10.7. The Morgan fingerprint density at radius 1 is 1.32 bits per heavy atom. The first kappa shape index (κ1) is 13.4. The second-order valence-corrected chi connectivity index (χ2v) is 4.96. The van der Waals surface area contributed by atoms with Crippen LogP contribution in [0.25, 0.3) is 0 Å². The third-order valence-corrected chi connectivity index (χ3v) is 3.61. The number of benzene rings is 1. The minimum atomic E-state index is -0.857. The van der Waals surface area contributed by atoms with Crippen LogP contribution < -0.4 is 5.32 Å². The van der Waals surface area contributed by atoms with E-state index in [4.69, 9.17) is 5.11 Å². The molecule has 1 amide bonds. The Morgan fingerprint density at radius 3 is 2.68 bits per heavy atom. The summed E-state index contributed by atoms with van der Waals surface area (Å²) >= 11 is 0. The highest BCUT2D eigenvalue weighted by Gasteiger charge is 2.33. The number of carbonyl (C=O) groups excluding carboxylic acids is 1. The van der Waals surface area contributed by atoms with Gasteiger partial charge in [0, 0.05) is 11.6 Å². The largest absolute Gasteiger partial charge is 0.508 e. The molecule has 5 heteroatoms. The number of phenols is 1. The van der Waals surface area contributed by atoms with Crippen molar-refractivity contribution in [3.63, 3.8) is 0 Å². The normalized spacial score (nSPS) is 22.2. The molecule has 0 bridgehead atoms. The van der Waals surface area contributed by atoms with Crippen molar-refractivity contribution in [2.24, 2.45) is 5.92 Å². The number of carboxylic acid groups (broad SMARTS) is 1. The molecular formula is C14H17NO4. The topological polar surface area (TPSA) is 86.6 Å². The molecule has 2 rings (SSSR count). The lowest BCUT2D eigenvalue weighted by atomic mass is 10.0. The molecule has 2 unspecified atom stereocenters. The number of phenolic OH excluding ortho intramolecular Hbond substituents is 1. The molecule has 0 aromatic heterocycles. The van der Waals surface area contributed by atoms with Crippen molar-refractivity contribution in [3.8, 4) is 5.75 Å². The van der Waals surface area contributed by atoms with Crippen LogP contribution in [0.15, 0.2) is 18.2 Å². The number of aliphatic carboxylic acids is 1. The number of aryl methyl sites for hydroxylation is 1. The fourth-order valence-electron chi connectivity index (χ4n) is 2.48. The predicted octanol–water partition coefficient (Wildman–Crippen LogP) is 1.68. The molecule has 0 radical (unpaired) electrons. The van der Waals surface area contributed by atoms with Crippen molar-refractivity contribution in [3.05, 3.63) is 29.3 Å². The van der Waals surface area contributed by atoms with Crippen molar-refractivity contribution in [1.29, 1.82) is 0 Å². The van der Waals surface area contributed by atoms with Crippen LogP contribution in [0.3, 0.4) is 0 Å². The quantitative estimate of drug-likeness (QED) is 0.774. The highest BCUT2D eigenvalue weighted by atomic mass is 16.4. The molecule has 1 aromatic rings. The number of aromatic hydroxyl groups is 1. The molecule has 1 aliphatic carbocycles. The molecular weight excluding hydrogens is 246 g/mol. The van der Waals surface area contributed by atoms with Gasteiger partial charge in [0.1, 0.15) is 5.75 Å². The number of nitrogens with one attached hydrogen (secondary N) is 1. The molecule has 0 heterocycles.